The molecule has 1 N–H and O–H groups in total. The molecular formula is C11H13IN4O. The van der Waals surface area contributed by atoms with E-state index in [4.69, 9.17) is 5.53 Å². The van der Waals surface area contributed by atoms with E-state index >= 15 is 0 Å². The maximum Gasteiger partial charge on any atom is 0.252 e. The van der Waals surface area contributed by atoms with Crippen molar-refractivity contribution in [1.29, 1.82) is 0 Å². The highest BCUT2D eigenvalue weighted by Gasteiger charge is 2.07. The number of hydrogen-bond donors (Lipinski definition) is 1. The van der Waals surface area contributed by atoms with Crippen LogP contribution in [-0.2, 0) is 0 Å². The Kier molecular flexibility index (Phi) is 6.42. The van der Waals surface area contributed by atoms with E-state index in [1.54, 1.807) is 6.07 Å². The van der Waals surface area contributed by atoms with E-state index < -0.39 is 0 Å². The van der Waals surface area contributed by atoms with Gasteiger partial charge in [-0.05, 0) is 53.1 Å². The number of hydrogen-bond acceptors (Lipinski definition) is 2. The number of carbonyl (C=O) groups excluding carboxylic acids is 1. The molecule has 0 fully saturated rings. The number of benzene rings is 1. The summed E-state index contributed by atoms with van der Waals surface area (Å²) in [4.78, 5) is 14.4. The fourth-order valence-corrected chi connectivity index (χ4v) is 1.93. The Bertz CT molecular complexity index is 429. The zero-order valence-electron chi connectivity index (χ0n) is 9.27. The predicted molar refractivity (Wildman–Crippen MR) is 74.7 cm³/mol. The van der Waals surface area contributed by atoms with E-state index in [2.05, 4.69) is 37.9 Å². The molecule has 0 aliphatic rings. The summed E-state index contributed by atoms with van der Waals surface area (Å²) in [6, 6.07) is 7.45. The lowest BCUT2D eigenvalue weighted by atomic mass is 10.2. The Hall–Kier alpha value is -1.27. The lowest BCUT2D eigenvalue weighted by Gasteiger charge is -2.05. The molecule has 0 aromatic heterocycles. The minimum absolute atomic E-state index is 0.0567. The van der Waals surface area contributed by atoms with Crippen molar-refractivity contribution < 1.29 is 4.79 Å². The van der Waals surface area contributed by atoms with Crippen LogP contribution in [0.3, 0.4) is 0 Å². The van der Waals surface area contributed by atoms with Crippen LogP contribution in [0.5, 0.6) is 0 Å². The summed E-state index contributed by atoms with van der Waals surface area (Å²) in [7, 11) is 0. The summed E-state index contributed by atoms with van der Waals surface area (Å²) >= 11 is 2.14. The second kappa shape index (κ2) is 7.92. The van der Waals surface area contributed by atoms with Crippen molar-refractivity contribution in [3.8, 4) is 0 Å². The molecule has 0 saturated heterocycles. The molecule has 0 aliphatic carbocycles. The van der Waals surface area contributed by atoms with Crippen molar-refractivity contribution in [2.24, 2.45) is 5.11 Å². The Morgan fingerprint density at radius 2 is 2.18 bits per heavy atom. The zero-order valence-corrected chi connectivity index (χ0v) is 11.4. The van der Waals surface area contributed by atoms with Crippen molar-refractivity contribution >= 4 is 28.5 Å². The molecule has 6 heteroatoms. The van der Waals surface area contributed by atoms with Gasteiger partial charge in [-0.3, -0.25) is 4.79 Å². The maximum absolute atomic E-state index is 11.8. The second-order valence-electron chi connectivity index (χ2n) is 3.40. The van der Waals surface area contributed by atoms with Gasteiger partial charge in [0.05, 0.1) is 5.56 Å². The molecule has 5 nitrogen and oxygen atoms in total. The van der Waals surface area contributed by atoms with Crippen molar-refractivity contribution in [2.75, 3.05) is 13.1 Å². The van der Waals surface area contributed by atoms with Gasteiger partial charge in [-0.2, -0.15) is 0 Å². The van der Waals surface area contributed by atoms with Crippen LogP contribution >= 0.6 is 22.6 Å². The molecule has 1 aromatic carbocycles. The standard InChI is InChI=1S/C11H13IN4O/c12-10-6-2-1-5-9(10)11(17)14-7-3-4-8-15-16-13/h1-2,5-6H,3-4,7-8H2,(H,14,17). The van der Waals surface area contributed by atoms with Crippen LogP contribution in [0, 0.1) is 3.57 Å². The highest BCUT2D eigenvalue weighted by Crippen LogP contribution is 2.10. The first-order chi connectivity index (χ1) is 8.25. The number of amides is 1. The molecular weight excluding hydrogens is 331 g/mol. The van der Waals surface area contributed by atoms with Gasteiger partial charge in [0, 0.05) is 21.6 Å². The van der Waals surface area contributed by atoms with Gasteiger partial charge in [0.25, 0.3) is 5.91 Å². The average molecular weight is 344 g/mol. The fraction of sp³-hybridized carbons (Fsp3) is 0.364. The second-order valence-corrected chi connectivity index (χ2v) is 4.56. The number of carbonyl (C=O) groups is 1. The smallest absolute Gasteiger partial charge is 0.252 e. The number of rotatable bonds is 6. The van der Waals surface area contributed by atoms with Gasteiger partial charge in [0.2, 0.25) is 0 Å². The van der Waals surface area contributed by atoms with Gasteiger partial charge in [-0.25, -0.2) is 0 Å². The summed E-state index contributed by atoms with van der Waals surface area (Å²) in [6.45, 7) is 1.08. The van der Waals surface area contributed by atoms with E-state index in [1.165, 1.54) is 0 Å². The molecule has 0 spiro atoms. The van der Waals surface area contributed by atoms with Gasteiger partial charge < -0.3 is 5.32 Å². The Balaban J connectivity index is 2.31. The quantitative estimate of drug-likeness (QED) is 0.278. The number of halogens is 1. The van der Waals surface area contributed by atoms with Crippen molar-refractivity contribution in [3.63, 3.8) is 0 Å². The topological polar surface area (TPSA) is 77.9 Å². The third-order valence-electron chi connectivity index (χ3n) is 2.15. The van der Waals surface area contributed by atoms with E-state index in [0.29, 0.717) is 18.7 Å². The first-order valence-corrected chi connectivity index (χ1v) is 6.37. The van der Waals surface area contributed by atoms with Gasteiger partial charge in [0.15, 0.2) is 0 Å². The first kappa shape index (κ1) is 13.8. The van der Waals surface area contributed by atoms with Crippen LogP contribution in [0.1, 0.15) is 23.2 Å². The van der Waals surface area contributed by atoms with Crippen LogP contribution in [0.25, 0.3) is 10.4 Å². The van der Waals surface area contributed by atoms with Crippen molar-refractivity contribution in [2.45, 2.75) is 12.8 Å². The molecule has 0 saturated carbocycles. The Labute approximate surface area is 113 Å². The largest absolute Gasteiger partial charge is 0.352 e. The van der Waals surface area contributed by atoms with Crippen LogP contribution in [-0.4, -0.2) is 19.0 Å². The lowest BCUT2D eigenvalue weighted by molar-refractivity contribution is 0.0952. The molecule has 1 rings (SSSR count). The predicted octanol–water partition coefficient (Wildman–Crippen LogP) is 3.11. The molecule has 0 unspecified atom stereocenters. The maximum atomic E-state index is 11.8. The van der Waals surface area contributed by atoms with E-state index in [1.807, 2.05) is 18.2 Å². The van der Waals surface area contributed by atoms with Crippen molar-refractivity contribution in [3.05, 3.63) is 43.8 Å². The number of nitrogens with zero attached hydrogens (tertiary/aromatic N) is 3. The summed E-state index contributed by atoms with van der Waals surface area (Å²) < 4.78 is 0.941. The lowest BCUT2D eigenvalue weighted by Crippen LogP contribution is -2.25. The molecule has 0 bridgehead atoms. The van der Waals surface area contributed by atoms with Crippen LogP contribution in [0.4, 0.5) is 0 Å². The number of nitrogens with one attached hydrogen (secondary N) is 1. The number of azide groups is 1. The molecule has 1 amide bonds. The Morgan fingerprint density at radius 3 is 2.88 bits per heavy atom. The molecule has 0 aliphatic heterocycles. The molecule has 0 heterocycles. The van der Waals surface area contributed by atoms with Gasteiger partial charge in [-0.15, -0.1) is 0 Å². The van der Waals surface area contributed by atoms with Crippen LogP contribution in [0.2, 0.25) is 0 Å². The minimum Gasteiger partial charge on any atom is -0.352 e. The summed E-state index contributed by atoms with van der Waals surface area (Å²) in [5, 5.41) is 6.27. The monoisotopic (exact) mass is 344 g/mol. The van der Waals surface area contributed by atoms with Gasteiger partial charge >= 0.3 is 0 Å². The van der Waals surface area contributed by atoms with Crippen molar-refractivity contribution in [1.82, 2.24) is 5.32 Å². The summed E-state index contributed by atoms with van der Waals surface area (Å²) in [5.41, 5.74) is 8.78. The fourth-order valence-electron chi connectivity index (χ4n) is 1.29. The SMILES string of the molecule is [N-]=[N+]=NCCCCNC(=O)c1ccccc1I. The van der Waals surface area contributed by atoms with E-state index in [0.717, 1.165) is 16.4 Å². The summed E-state index contributed by atoms with van der Waals surface area (Å²) in [6.07, 6.45) is 1.60. The molecule has 1 aromatic rings. The highest BCUT2D eigenvalue weighted by atomic mass is 127. The molecule has 0 atom stereocenters. The molecule has 0 radical (unpaired) electrons. The van der Waals surface area contributed by atoms with Gasteiger partial charge in [-0.1, -0.05) is 17.2 Å². The van der Waals surface area contributed by atoms with Crippen LogP contribution < -0.4 is 5.32 Å². The number of unbranched alkanes of at least 4 members (excludes halogenated alkanes) is 1. The van der Waals surface area contributed by atoms with Crippen LogP contribution in [0.15, 0.2) is 29.4 Å². The van der Waals surface area contributed by atoms with E-state index in [9.17, 15) is 4.79 Å². The minimum atomic E-state index is -0.0567. The van der Waals surface area contributed by atoms with E-state index in [-0.39, 0.29) is 5.91 Å². The third-order valence-corrected chi connectivity index (χ3v) is 3.09. The zero-order chi connectivity index (χ0) is 12.5. The highest BCUT2D eigenvalue weighted by molar-refractivity contribution is 14.1. The average Bonchev–Trinajstić information content (AvgIpc) is 2.34. The Morgan fingerprint density at radius 1 is 1.41 bits per heavy atom. The first-order valence-electron chi connectivity index (χ1n) is 5.29. The normalized spacial score (nSPS) is 9.47. The molecule has 90 valence electrons. The summed E-state index contributed by atoms with van der Waals surface area (Å²) in [5.74, 6) is -0.0567. The van der Waals surface area contributed by atoms with Gasteiger partial charge in [0.1, 0.15) is 0 Å². The third kappa shape index (κ3) is 5.06. The molecule has 17 heavy (non-hydrogen) atoms.